The summed E-state index contributed by atoms with van der Waals surface area (Å²) >= 11 is 18.5. The Morgan fingerprint density at radius 3 is 2.00 bits per heavy atom. The zero-order valence-corrected chi connectivity index (χ0v) is 21.6. The van der Waals surface area contributed by atoms with E-state index in [1.54, 1.807) is 0 Å². The van der Waals surface area contributed by atoms with Crippen molar-refractivity contribution < 1.29 is 19.3 Å². The number of halogens is 3. The summed E-state index contributed by atoms with van der Waals surface area (Å²) in [5, 5.41) is 10.4. The third-order valence-corrected chi connectivity index (χ3v) is 6.06. The van der Waals surface area contributed by atoms with Gasteiger partial charge in [-0.2, -0.15) is 0 Å². The molecule has 0 aliphatic rings. The van der Waals surface area contributed by atoms with E-state index in [2.05, 4.69) is 20.8 Å². The molecular weight excluding hydrogens is 471 g/mol. The van der Waals surface area contributed by atoms with Crippen LogP contribution in [0.25, 0.3) is 0 Å². The van der Waals surface area contributed by atoms with Crippen LogP contribution in [0.5, 0.6) is 11.5 Å². The Morgan fingerprint density at radius 1 is 0.875 bits per heavy atom. The first-order valence-corrected chi connectivity index (χ1v) is 12.0. The first-order chi connectivity index (χ1) is 15.0. The second-order valence-electron chi connectivity index (χ2n) is 8.84. The molecule has 0 amide bonds. The van der Waals surface area contributed by atoms with Gasteiger partial charge in [0.05, 0.1) is 35.2 Å². The number of rotatable bonds is 12. The fraction of sp³-hybridized carbons (Fsp3) is 0.520. The fourth-order valence-corrected chi connectivity index (χ4v) is 3.75. The minimum atomic E-state index is -0.786. The van der Waals surface area contributed by atoms with Crippen LogP contribution in [0, 0.1) is 5.92 Å². The van der Waals surface area contributed by atoms with Crippen LogP contribution in [0.2, 0.25) is 10.0 Å². The normalized spacial score (nSPS) is 13.8. The minimum absolute atomic E-state index is 0.0232. The lowest BCUT2D eigenvalue weighted by molar-refractivity contribution is 0.0427. The minimum Gasteiger partial charge on any atom is -0.493 e. The van der Waals surface area contributed by atoms with Crippen molar-refractivity contribution in [2.75, 3.05) is 25.7 Å². The Hall–Kier alpha value is -1.17. The molecule has 0 fully saturated rings. The van der Waals surface area contributed by atoms with Crippen molar-refractivity contribution in [2.24, 2.45) is 5.92 Å². The van der Waals surface area contributed by atoms with Gasteiger partial charge in [-0.05, 0) is 49.2 Å². The molecule has 178 valence electrons. The molecular formula is C25H33Cl3O4. The highest BCUT2D eigenvalue weighted by Gasteiger charge is 2.26. The summed E-state index contributed by atoms with van der Waals surface area (Å²) in [6, 6.07) is 11.7. The van der Waals surface area contributed by atoms with E-state index in [0.29, 0.717) is 34.9 Å². The van der Waals surface area contributed by atoms with Gasteiger partial charge < -0.3 is 19.3 Å². The summed E-state index contributed by atoms with van der Waals surface area (Å²) in [5.41, 5.74) is 1.70. The summed E-state index contributed by atoms with van der Waals surface area (Å²) in [6.45, 7) is 11.7. The summed E-state index contributed by atoms with van der Waals surface area (Å²) in [5.74, 6) is 1.55. The number of aliphatic hydroxyl groups excluding tert-OH is 1. The molecule has 2 atom stereocenters. The van der Waals surface area contributed by atoms with Gasteiger partial charge in [-0.3, -0.25) is 0 Å². The maximum atomic E-state index is 9.61. The maximum Gasteiger partial charge on any atom is 0.156 e. The highest BCUT2D eigenvalue weighted by Crippen LogP contribution is 2.40. The van der Waals surface area contributed by atoms with Crippen molar-refractivity contribution in [1.29, 1.82) is 0 Å². The molecule has 2 rings (SSSR count). The Kier molecular flexibility index (Phi) is 10.4. The quantitative estimate of drug-likeness (QED) is 0.326. The van der Waals surface area contributed by atoms with E-state index in [-0.39, 0.29) is 24.0 Å². The topological polar surface area (TPSA) is 47.9 Å². The summed E-state index contributed by atoms with van der Waals surface area (Å²) in [6.07, 6.45) is -0.565. The molecule has 1 N–H and O–H groups in total. The molecule has 0 heterocycles. The van der Waals surface area contributed by atoms with Gasteiger partial charge in [0.2, 0.25) is 0 Å². The number of alkyl halides is 1. The van der Waals surface area contributed by atoms with E-state index >= 15 is 0 Å². The van der Waals surface area contributed by atoms with Gasteiger partial charge in [0, 0.05) is 11.3 Å². The average Bonchev–Trinajstić information content (AvgIpc) is 2.75. The molecule has 0 unspecified atom stereocenters. The van der Waals surface area contributed by atoms with Crippen LogP contribution >= 0.6 is 34.8 Å². The zero-order valence-electron chi connectivity index (χ0n) is 19.3. The van der Waals surface area contributed by atoms with Crippen LogP contribution < -0.4 is 9.47 Å². The van der Waals surface area contributed by atoms with Crippen molar-refractivity contribution in [1.82, 2.24) is 0 Å². The molecule has 0 radical (unpaired) electrons. The van der Waals surface area contributed by atoms with Crippen LogP contribution in [-0.2, 0) is 10.2 Å². The van der Waals surface area contributed by atoms with Crippen molar-refractivity contribution in [3.8, 4) is 11.5 Å². The molecule has 0 saturated carbocycles. The molecule has 2 aromatic carbocycles. The summed E-state index contributed by atoms with van der Waals surface area (Å²) in [7, 11) is 0. The maximum absolute atomic E-state index is 9.61. The predicted octanol–water partition coefficient (Wildman–Crippen LogP) is 6.74. The van der Waals surface area contributed by atoms with Gasteiger partial charge >= 0.3 is 0 Å². The van der Waals surface area contributed by atoms with Crippen molar-refractivity contribution in [3.05, 3.63) is 57.6 Å². The summed E-state index contributed by atoms with van der Waals surface area (Å²) < 4.78 is 17.1. The second-order valence-corrected chi connectivity index (χ2v) is 9.96. The molecule has 32 heavy (non-hydrogen) atoms. The van der Waals surface area contributed by atoms with Crippen molar-refractivity contribution in [3.63, 3.8) is 0 Å². The number of hydrogen-bond acceptors (Lipinski definition) is 4. The van der Waals surface area contributed by atoms with Gasteiger partial charge in [-0.15, -0.1) is 11.6 Å². The monoisotopic (exact) mass is 502 g/mol. The van der Waals surface area contributed by atoms with E-state index in [1.165, 1.54) is 0 Å². The molecule has 0 aromatic heterocycles. The van der Waals surface area contributed by atoms with Crippen LogP contribution in [0.1, 0.15) is 45.7 Å². The van der Waals surface area contributed by atoms with Gasteiger partial charge in [-0.1, -0.05) is 56.1 Å². The SMILES string of the molecule is CC(C)OC[C@H](C)COc1ccc(C(C)(C)c2cc(Cl)c(OC[C@H](O)CCl)c(Cl)c2)cc1. The van der Waals surface area contributed by atoms with E-state index in [9.17, 15) is 5.11 Å². The number of ether oxygens (including phenoxy) is 3. The van der Waals surface area contributed by atoms with Gasteiger partial charge in [0.1, 0.15) is 18.5 Å². The summed E-state index contributed by atoms with van der Waals surface area (Å²) in [4.78, 5) is 0. The Bertz CT molecular complexity index is 830. The van der Waals surface area contributed by atoms with Crippen molar-refractivity contribution >= 4 is 34.8 Å². The largest absolute Gasteiger partial charge is 0.493 e. The van der Waals surface area contributed by atoms with E-state index < -0.39 is 6.10 Å². The van der Waals surface area contributed by atoms with E-state index in [1.807, 2.05) is 50.2 Å². The fourth-order valence-electron chi connectivity index (χ4n) is 3.06. The van der Waals surface area contributed by atoms with Gasteiger partial charge in [0.25, 0.3) is 0 Å². The molecule has 7 heteroatoms. The molecule has 0 aliphatic heterocycles. The number of benzene rings is 2. The number of hydrogen-bond donors (Lipinski definition) is 1. The van der Waals surface area contributed by atoms with E-state index in [4.69, 9.17) is 49.0 Å². The Labute approximate surface area is 206 Å². The molecule has 2 aromatic rings. The average molecular weight is 504 g/mol. The molecule has 4 nitrogen and oxygen atoms in total. The highest BCUT2D eigenvalue weighted by atomic mass is 35.5. The second kappa shape index (κ2) is 12.3. The van der Waals surface area contributed by atoms with Crippen LogP contribution in [0.4, 0.5) is 0 Å². The first kappa shape index (κ1) is 27.1. The van der Waals surface area contributed by atoms with Gasteiger partial charge in [-0.25, -0.2) is 0 Å². The molecule has 0 saturated heterocycles. The van der Waals surface area contributed by atoms with Crippen LogP contribution in [0.3, 0.4) is 0 Å². The van der Waals surface area contributed by atoms with E-state index in [0.717, 1.165) is 16.9 Å². The van der Waals surface area contributed by atoms with Gasteiger partial charge in [0.15, 0.2) is 5.75 Å². The third kappa shape index (κ3) is 7.71. The molecule has 0 aliphatic carbocycles. The molecule has 0 spiro atoms. The molecule has 0 bridgehead atoms. The lowest BCUT2D eigenvalue weighted by atomic mass is 9.78. The zero-order chi connectivity index (χ0) is 23.9. The van der Waals surface area contributed by atoms with Crippen LogP contribution in [-0.4, -0.2) is 43.0 Å². The third-order valence-electron chi connectivity index (χ3n) is 5.14. The smallest absolute Gasteiger partial charge is 0.156 e. The Morgan fingerprint density at radius 2 is 1.47 bits per heavy atom. The first-order valence-electron chi connectivity index (χ1n) is 10.8. The van der Waals surface area contributed by atoms with Crippen molar-refractivity contribution in [2.45, 2.75) is 52.2 Å². The predicted molar refractivity (Wildman–Crippen MR) is 133 cm³/mol. The Balaban J connectivity index is 2.09. The standard InChI is InChI=1S/C25H33Cl3O4/c1-16(2)30-13-17(3)14-31-21-8-6-18(7-9-21)25(4,5)19-10-22(27)24(23(28)11-19)32-15-20(29)12-26/h6-11,16-17,20,29H,12-15H2,1-5H3/t17-,20+/m0/s1. The highest BCUT2D eigenvalue weighted by molar-refractivity contribution is 6.37. The van der Waals surface area contributed by atoms with Crippen LogP contribution in [0.15, 0.2) is 36.4 Å². The lowest BCUT2D eigenvalue weighted by Gasteiger charge is -2.27. The lowest BCUT2D eigenvalue weighted by Crippen LogP contribution is -2.21. The number of aliphatic hydroxyl groups is 1.